The highest BCUT2D eigenvalue weighted by molar-refractivity contribution is 7.10. The van der Waals surface area contributed by atoms with E-state index in [4.69, 9.17) is 0 Å². The Kier molecular flexibility index (Phi) is 4.25. The van der Waals surface area contributed by atoms with Gasteiger partial charge < -0.3 is 5.32 Å². The molecule has 0 spiro atoms. The first-order valence-electron chi connectivity index (χ1n) is 5.64. The summed E-state index contributed by atoms with van der Waals surface area (Å²) < 4.78 is 0. The van der Waals surface area contributed by atoms with Crippen molar-refractivity contribution in [2.45, 2.75) is 13.5 Å². The van der Waals surface area contributed by atoms with Crippen molar-refractivity contribution in [1.29, 1.82) is 0 Å². The number of nitrogens with zero attached hydrogens (tertiary/aromatic N) is 1. The largest absolute Gasteiger partial charge is 0.348 e. The lowest BCUT2D eigenvalue weighted by Gasteiger charge is -2.05. The molecule has 1 N–H and O–H groups in total. The van der Waals surface area contributed by atoms with Crippen LogP contribution in [0.2, 0.25) is 0 Å². The van der Waals surface area contributed by atoms with Crippen molar-refractivity contribution in [3.63, 3.8) is 0 Å². The monoisotopic (exact) mass is 258 g/mol. The van der Waals surface area contributed by atoms with Gasteiger partial charge in [0, 0.05) is 29.4 Å². The molecular weight excluding hydrogens is 244 g/mol. The Morgan fingerprint density at radius 3 is 2.83 bits per heavy atom. The molecule has 0 unspecified atom stereocenters. The van der Waals surface area contributed by atoms with Crippen LogP contribution in [-0.2, 0) is 11.3 Å². The van der Waals surface area contributed by atoms with Gasteiger partial charge in [0.05, 0.1) is 0 Å². The fourth-order valence-corrected chi connectivity index (χ4v) is 2.19. The second kappa shape index (κ2) is 6.12. The quantitative estimate of drug-likeness (QED) is 0.857. The fraction of sp³-hybridized carbons (Fsp3) is 0.143. The summed E-state index contributed by atoms with van der Waals surface area (Å²) in [5, 5.41) is 4.87. The maximum absolute atomic E-state index is 11.9. The van der Waals surface area contributed by atoms with Gasteiger partial charge in [-0.25, -0.2) is 0 Å². The van der Waals surface area contributed by atoms with Crippen LogP contribution in [0, 0.1) is 0 Å². The van der Waals surface area contributed by atoms with Crippen LogP contribution in [0.3, 0.4) is 0 Å². The Morgan fingerprint density at radius 2 is 2.17 bits per heavy atom. The van der Waals surface area contributed by atoms with Gasteiger partial charge in [-0.3, -0.25) is 9.78 Å². The van der Waals surface area contributed by atoms with Crippen molar-refractivity contribution in [3.8, 4) is 0 Å². The van der Waals surface area contributed by atoms with Gasteiger partial charge in [0.25, 0.3) is 0 Å². The predicted octanol–water partition coefficient (Wildman–Crippen LogP) is 2.86. The summed E-state index contributed by atoms with van der Waals surface area (Å²) in [6.07, 6.45) is 5.33. The number of rotatable bonds is 4. The number of hydrogen-bond donors (Lipinski definition) is 1. The van der Waals surface area contributed by atoms with E-state index in [0.29, 0.717) is 12.1 Å². The highest BCUT2D eigenvalue weighted by atomic mass is 32.1. The van der Waals surface area contributed by atoms with Crippen molar-refractivity contribution in [2.24, 2.45) is 0 Å². The normalized spacial score (nSPS) is 11.3. The predicted molar refractivity (Wildman–Crippen MR) is 74.1 cm³/mol. The lowest BCUT2D eigenvalue weighted by atomic mass is 10.2. The molecule has 1 amide bonds. The summed E-state index contributed by atoms with van der Waals surface area (Å²) in [6, 6.07) is 7.74. The van der Waals surface area contributed by atoms with E-state index in [1.807, 2.05) is 42.6 Å². The fourth-order valence-electron chi connectivity index (χ4n) is 1.47. The van der Waals surface area contributed by atoms with Crippen LogP contribution in [0.25, 0.3) is 6.08 Å². The minimum Gasteiger partial charge on any atom is -0.348 e. The number of carbonyl (C=O) groups is 1. The zero-order valence-electron chi connectivity index (χ0n) is 10.1. The number of nitrogens with one attached hydrogen (secondary N) is 1. The Morgan fingerprint density at radius 1 is 1.39 bits per heavy atom. The van der Waals surface area contributed by atoms with Crippen LogP contribution < -0.4 is 5.32 Å². The van der Waals surface area contributed by atoms with Gasteiger partial charge in [-0.05, 0) is 42.1 Å². The van der Waals surface area contributed by atoms with E-state index in [9.17, 15) is 4.79 Å². The summed E-state index contributed by atoms with van der Waals surface area (Å²) >= 11 is 1.62. The number of amides is 1. The second-order valence-electron chi connectivity index (χ2n) is 3.88. The minimum absolute atomic E-state index is 0.0415. The molecule has 3 nitrogen and oxygen atoms in total. The molecule has 0 aliphatic carbocycles. The van der Waals surface area contributed by atoms with Crippen LogP contribution in [0.5, 0.6) is 0 Å². The molecule has 2 aromatic rings. The first kappa shape index (κ1) is 12.5. The number of pyridine rings is 1. The zero-order chi connectivity index (χ0) is 12.8. The molecule has 0 atom stereocenters. The maximum Gasteiger partial charge on any atom is 0.247 e. The van der Waals surface area contributed by atoms with Gasteiger partial charge >= 0.3 is 0 Å². The van der Waals surface area contributed by atoms with Gasteiger partial charge in [0.15, 0.2) is 0 Å². The summed E-state index contributed by atoms with van der Waals surface area (Å²) in [5.74, 6) is -0.0415. The molecule has 0 aromatic carbocycles. The highest BCUT2D eigenvalue weighted by Gasteiger charge is 2.04. The maximum atomic E-state index is 11.9. The summed E-state index contributed by atoms with van der Waals surface area (Å²) in [7, 11) is 0. The highest BCUT2D eigenvalue weighted by Crippen LogP contribution is 2.13. The number of carbonyl (C=O) groups excluding carboxylic acids is 1. The van der Waals surface area contributed by atoms with Crippen LogP contribution in [0.4, 0.5) is 0 Å². The Bertz CT molecular complexity index is 532. The first-order chi connectivity index (χ1) is 8.75. The number of aromatic nitrogens is 1. The average Bonchev–Trinajstić information content (AvgIpc) is 2.90. The third-order valence-electron chi connectivity index (χ3n) is 2.46. The molecule has 18 heavy (non-hydrogen) atoms. The molecule has 0 aliphatic heterocycles. The van der Waals surface area contributed by atoms with Crippen LogP contribution in [0.15, 0.2) is 47.6 Å². The topological polar surface area (TPSA) is 42.0 Å². The molecule has 2 aromatic heterocycles. The molecule has 0 aliphatic rings. The van der Waals surface area contributed by atoms with E-state index in [1.165, 1.54) is 0 Å². The van der Waals surface area contributed by atoms with Crippen LogP contribution in [-0.4, -0.2) is 10.9 Å². The summed E-state index contributed by atoms with van der Waals surface area (Å²) in [6.45, 7) is 2.35. The standard InChI is InChI=1S/C14H14N2OS/c1-11(9-13-3-2-8-18-13)14(17)16-10-12-4-6-15-7-5-12/h2-9H,10H2,1H3,(H,16,17)/b11-9+. The van der Waals surface area contributed by atoms with E-state index in [-0.39, 0.29) is 5.91 Å². The zero-order valence-corrected chi connectivity index (χ0v) is 10.9. The van der Waals surface area contributed by atoms with Crippen molar-refractivity contribution in [1.82, 2.24) is 10.3 Å². The van der Waals surface area contributed by atoms with Crippen molar-refractivity contribution in [2.75, 3.05) is 0 Å². The summed E-state index contributed by atoms with van der Waals surface area (Å²) in [5.41, 5.74) is 1.76. The van der Waals surface area contributed by atoms with Gasteiger partial charge in [-0.2, -0.15) is 0 Å². The third-order valence-corrected chi connectivity index (χ3v) is 3.28. The SMILES string of the molecule is C/C(=C\c1cccs1)C(=O)NCc1ccncc1. The molecule has 0 saturated heterocycles. The summed E-state index contributed by atoms with van der Waals surface area (Å²) in [4.78, 5) is 16.9. The van der Waals surface area contributed by atoms with Gasteiger partial charge in [-0.15, -0.1) is 11.3 Å². The molecule has 0 bridgehead atoms. The molecule has 4 heteroatoms. The average molecular weight is 258 g/mol. The van der Waals surface area contributed by atoms with Crippen molar-refractivity contribution >= 4 is 23.3 Å². The van der Waals surface area contributed by atoms with Crippen molar-refractivity contribution in [3.05, 3.63) is 58.1 Å². The molecule has 0 saturated carbocycles. The molecule has 92 valence electrons. The first-order valence-corrected chi connectivity index (χ1v) is 6.52. The van der Waals surface area contributed by atoms with Gasteiger partial charge in [0.2, 0.25) is 5.91 Å². The van der Waals surface area contributed by atoms with Gasteiger partial charge in [-0.1, -0.05) is 6.07 Å². The Hall–Kier alpha value is -1.94. The van der Waals surface area contributed by atoms with E-state index in [2.05, 4.69) is 10.3 Å². The molecule has 2 rings (SSSR count). The molecular formula is C14H14N2OS. The molecule has 2 heterocycles. The molecule has 0 fully saturated rings. The number of hydrogen-bond acceptors (Lipinski definition) is 3. The van der Waals surface area contributed by atoms with E-state index in [1.54, 1.807) is 23.7 Å². The minimum atomic E-state index is -0.0415. The lowest BCUT2D eigenvalue weighted by molar-refractivity contribution is -0.117. The van der Waals surface area contributed by atoms with E-state index < -0.39 is 0 Å². The number of thiophene rings is 1. The Labute approximate surface area is 110 Å². The smallest absolute Gasteiger partial charge is 0.247 e. The third kappa shape index (κ3) is 3.53. The van der Waals surface area contributed by atoms with Crippen LogP contribution >= 0.6 is 11.3 Å². The Balaban J connectivity index is 1.92. The lowest BCUT2D eigenvalue weighted by Crippen LogP contribution is -2.23. The van der Waals surface area contributed by atoms with E-state index >= 15 is 0 Å². The van der Waals surface area contributed by atoms with Crippen LogP contribution in [0.1, 0.15) is 17.4 Å². The van der Waals surface area contributed by atoms with Crippen molar-refractivity contribution < 1.29 is 4.79 Å². The van der Waals surface area contributed by atoms with Gasteiger partial charge in [0.1, 0.15) is 0 Å². The van der Waals surface area contributed by atoms with E-state index in [0.717, 1.165) is 10.4 Å². The molecule has 0 radical (unpaired) electrons. The second-order valence-corrected chi connectivity index (χ2v) is 4.86.